The third-order valence-corrected chi connectivity index (χ3v) is 12.0. The van der Waals surface area contributed by atoms with Crippen molar-refractivity contribution in [1.82, 2.24) is 0 Å². The Morgan fingerprint density at radius 1 is 0.469 bits per heavy atom. The van der Waals surface area contributed by atoms with Gasteiger partial charge in [-0.2, -0.15) is 0 Å². The summed E-state index contributed by atoms with van der Waals surface area (Å²) in [6, 6.07) is -0.617. The van der Waals surface area contributed by atoms with E-state index in [1.165, 1.54) is 154 Å². The number of carboxylic acid groups (broad SMARTS) is 1. The van der Waals surface area contributed by atoms with Gasteiger partial charge in [-0.05, 0) is 77.0 Å². The number of rotatable bonds is 48. The summed E-state index contributed by atoms with van der Waals surface area (Å²) in [5.74, 6) is -1.47. The van der Waals surface area contributed by atoms with Crippen LogP contribution < -0.4 is 0 Å². The SMILES string of the molecule is CCCCC/C=C\C/C=C\CCCCCCCCCCCC(=O)OCC(COCCC(C(=O)O)[N+](C)(C)C)OC(=O)CCCCCCCCCCC/C=C\C/C=C\CCCCCCC. The number of hydrogen-bond donors (Lipinski definition) is 1. The molecule has 8 nitrogen and oxygen atoms in total. The van der Waals surface area contributed by atoms with Crippen molar-refractivity contribution in [3.05, 3.63) is 48.6 Å². The number of esters is 2. The summed E-state index contributed by atoms with van der Waals surface area (Å²) in [5, 5.41) is 9.66. The van der Waals surface area contributed by atoms with Gasteiger partial charge in [-0.25, -0.2) is 4.79 Å². The summed E-state index contributed by atoms with van der Waals surface area (Å²) >= 11 is 0. The zero-order chi connectivity index (χ0) is 47.0. The molecule has 0 aliphatic heterocycles. The van der Waals surface area contributed by atoms with Crippen LogP contribution in [0.2, 0.25) is 0 Å². The van der Waals surface area contributed by atoms with Crippen molar-refractivity contribution >= 4 is 17.9 Å². The van der Waals surface area contributed by atoms with Gasteiger partial charge in [0, 0.05) is 19.3 Å². The van der Waals surface area contributed by atoms with E-state index in [1.807, 2.05) is 21.1 Å². The Kier molecular flexibility index (Phi) is 44.8. The van der Waals surface area contributed by atoms with Crippen LogP contribution in [0.3, 0.4) is 0 Å². The van der Waals surface area contributed by atoms with E-state index in [-0.39, 0.29) is 36.2 Å². The van der Waals surface area contributed by atoms with Crippen LogP contribution in [-0.2, 0) is 28.6 Å². The van der Waals surface area contributed by atoms with Gasteiger partial charge >= 0.3 is 17.9 Å². The second-order valence-electron chi connectivity index (χ2n) is 19.1. The Balaban J connectivity index is 4.23. The summed E-state index contributed by atoms with van der Waals surface area (Å²) in [5.41, 5.74) is 0. The molecule has 0 bridgehead atoms. The molecule has 0 radical (unpaired) electrons. The molecule has 0 aliphatic rings. The van der Waals surface area contributed by atoms with Crippen molar-refractivity contribution in [3.63, 3.8) is 0 Å². The Hall–Kier alpha value is -2.71. The van der Waals surface area contributed by atoms with E-state index in [9.17, 15) is 19.5 Å². The van der Waals surface area contributed by atoms with E-state index in [0.29, 0.717) is 19.3 Å². The highest BCUT2D eigenvalue weighted by molar-refractivity contribution is 5.72. The fourth-order valence-electron chi connectivity index (χ4n) is 7.80. The molecule has 64 heavy (non-hydrogen) atoms. The number of carboxylic acids is 1. The average Bonchev–Trinajstić information content (AvgIpc) is 3.26. The molecule has 0 aliphatic carbocycles. The van der Waals surface area contributed by atoms with Crippen LogP contribution in [0.4, 0.5) is 0 Å². The van der Waals surface area contributed by atoms with Crippen LogP contribution in [0, 0.1) is 0 Å². The minimum atomic E-state index is -0.875. The fraction of sp³-hybridized carbons (Fsp3) is 0.804. The molecule has 0 aromatic rings. The molecule has 1 N–H and O–H groups in total. The molecule has 0 saturated heterocycles. The molecular weight excluding hydrogens is 799 g/mol. The van der Waals surface area contributed by atoms with E-state index in [2.05, 4.69) is 62.5 Å². The third kappa shape index (κ3) is 44.5. The first-order valence-corrected chi connectivity index (χ1v) is 26.7. The number of hydrogen-bond acceptors (Lipinski definition) is 6. The smallest absolute Gasteiger partial charge is 0.362 e. The normalized spacial score (nSPS) is 13.2. The van der Waals surface area contributed by atoms with E-state index < -0.39 is 18.1 Å². The van der Waals surface area contributed by atoms with Crippen molar-refractivity contribution in [2.45, 2.75) is 251 Å². The largest absolute Gasteiger partial charge is 0.477 e. The number of carbonyl (C=O) groups is 3. The number of aliphatic carboxylic acids is 1. The van der Waals surface area contributed by atoms with Crippen LogP contribution in [0.25, 0.3) is 0 Å². The summed E-state index contributed by atoms with van der Waals surface area (Å²) in [6.45, 7) is 4.72. The predicted molar refractivity (Wildman–Crippen MR) is 271 cm³/mol. The Morgan fingerprint density at radius 3 is 1.23 bits per heavy atom. The number of unbranched alkanes of at least 4 members (excludes halogenated alkanes) is 26. The van der Waals surface area contributed by atoms with Crippen LogP contribution in [0.1, 0.15) is 239 Å². The quantitative estimate of drug-likeness (QED) is 0.0281. The van der Waals surface area contributed by atoms with Crippen LogP contribution in [0.5, 0.6) is 0 Å². The van der Waals surface area contributed by atoms with E-state index >= 15 is 0 Å². The van der Waals surface area contributed by atoms with Crippen LogP contribution in [0.15, 0.2) is 48.6 Å². The summed E-state index contributed by atoms with van der Waals surface area (Å²) < 4.78 is 17.4. The number of allylic oxidation sites excluding steroid dienone is 8. The molecule has 0 rings (SSSR count). The Morgan fingerprint density at radius 2 is 0.828 bits per heavy atom. The molecule has 0 fully saturated rings. The monoisotopic (exact) mass is 901 g/mol. The number of ether oxygens (including phenoxy) is 3. The fourth-order valence-corrected chi connectivity index (χ4v) is 7.80. The van der Waals surface area contributed by atoms with Gasteiger partial charge in [0.2, 0.25) is 0 Å². The Labute approximate surface area is 395 Å². The lowest BCUT2D eigenvalue weighted by molar-refractivity contribution is -0.887. The van der Waals surface area contributed by atoms with E-state index in [0.717, 1.165) is 51.4 Å². The van der Waals surface area contributed by atoms with Gasteiger partial charge in [0.15, 0.2) is 12.1 Å². The maximum atomic E-state index is 12.8. The van der Waals surface area contributed by atoms with Gasteiger partial charge in [-0.3, -0.25) is 9.59 Å². The zero-order valence-corrected chi connectivity index (χ0v) is 42.5. The molecule has 0 spiro atoms. The zero-order valence-electron chi connectivity index (χ0n) is 42.5. The van der Waals surface area contributed by atoms with Gasteiger partial charge in [-0.15, -0.1) is 0 Å². The number of nitrogens with zero attached hydrogens (tertiary/aromatic N) is 1. The van der Waals surface area contributed by atoms with Crippen molar-refractivity contribution in [2.75, 3.05) is 41.0 Å². The molecule has 8 heteroatoms. The van der Waals surface area contributed by atoms with E-state index in [1.54, 1.807) is 0 Å². The minimum absolute atomic E-state index is 0.0544. The molecule has 372 valence electrons. The highest BCUT2D eigenvalue weighted by atomic mass is 16.6. The highest BCUT2D eigenvalue weighted by Crippen LogP contribution is 2.15. The molecule has 2 unspecified atom stereocenters. The molecule has 0 amide bonds. The first-order chi connectivity index (χ1) is 31.1. The lowest BCUT2D eigenvalue weighted by Crippen LogP contribution is -2.50. The van der Waals surface area contributed by atoms with E-state index in [4.69, 9.17) is 14.2 Å². The minimum Gasteiger partial charge on any atom is -0.477 e. The van der Waals surface area contributed by atoms with Gasteiger partial charge in [0.05, 0.1) is 34.4 Å². The molecule has 0 heterocycles. The lowest BCUT2D eigenvalue weighted by Gasteiger charge is -2.31. The second kappa shape index (κ2) is 46.8. The van der Waals surface area contributed by atoms with Gasteiger partial charge < -0.3 is 23.8 Å². The first-order valence-electron chi connectivity index (χ1n) is 26.7. The first kappa shape index (κ1) is 61.3. The highest BCUT2D eigenvalue weighted by Gasteiger charge is 2.31. The van der Waals surface area contributed by atoms with Gasteiger partial charge in [0.1, 0.15) is 6.61 Å². The molecule has 0 saturated carbocycles. The number of likely N-dealkylation sites (N-methyl/N-ethyl adjacent to an activating group) is 1. The van der Waals surface area contributed by atoms with Crippen LogP contribution >= 0.6 is 0 Å². The topological polar surface area (TPSA) is 99.1 Å². The van der Waals surface area contributed by atoms with Crippen molar-refractivity contribution < 1.29 is 38.2 Å². The maximum absolute atomic E-state index is 12.8. The third-order valence-electron chi connectivity index (χ3n) is 12.0. The van der Waals surface area contributed by atoms with Gasteiger partial charge in [0.25, 0.3) is 0 Å². The number of carbonyl (C=O) groups excluding carboxylic acids is 2. The summed E-state index contributed by atoms with van der Waals surface area (Å²) in [6.07, 6.45) is 57.3. The lowest BCUT2D eigenvalue weighted by atomic mass is 10.1. The molecule has 0 aromatic heterocycles. The maximum Gasteiger partial charge on any atom is 0.362 e. The summed E-state index contributed by atoms with van der Waals surface area (Å²) in [4.78, 5) is 37.2. The summed E-state index contributed by atoms with van der Waals surface area (Å²) in [7, 11) is 5.54. The predicted octanol–water partition coefficient (Wildman–Crippen LogP) is 15.5. The number of quaternary nitrogens is 1. The Bertz CT molecular complexity index is 1190. The van der Waals surface area contributed by atoms with Crippen molar-refractivity contribution in [2.24, 2.45) is 0 Å². The average molecular weight is 901 g/mol. The van der Waals surface area contributed by atoms with Crippen molar-refractivity contribution in [3.8, 4) is 0 Å². The molecular formula is C56H102NO7+. The van der Waals surface area contributed by atoms with Gasteiger partial charge in [-0.1, -0.05) is 191 Å². The molecule has 2 atom stereocenters. The molecule has 0 aromatic carbocycles. The standard InChI is InChI=1S/C56H101NO7/c1-6-8-10-12-14-16-18-20-22-24-26-27-29-31-33-35-37-39-41-43-45-47-55(59)64-52(50-62-49-48-53(56(60)61)57(3,4)5)51-63-54(58)46-44-42-40-38-36-34-32-30-28-25-23-21-19-17-15-13-11-9-7-2/h15,17-18,20-21,23-24,26,52-53H,6-14,16,19,22,25,27-51H2,1-5H3/p+1/b17-15-,20-18-,23-21-,26-24-. The van der Waals surface area contributed by atoms with Crippen LogP contribution in [-0.4, -0.2) is 80.6 Å². The van der Waals surface area contributed by atoms with Crippen molar-refractivity contribution in [1.29, 1.82) is 0 Å². The second-order valence-corrected chi connectivity index (χ2v) is 19.1.